The van der Waals surface area contributed by atoms with Crippen molar-refractivity contribution in [3.05, 3.63) is 30.1 Å². The highest BCUT2D eigenvalue weighted by Gasteiger charge is 2.02. The van der Waals surface area contributed by atoms with Gasteiger partial charge in [0, 0.05) is 25.2 Å². The van der Waals surface area contributed by atoms with Crippen LogP contribution in [0.3, 0.4) is 0 Å². The minimum absolute atomic E-state index is 0.410. The number of ketones is 1. The van der Waals surface area contributed by atoms with Gasteiger partial charge < -0.3 is 0 Å². The molecule has 1 aromatic heterocycles. The average Bonchev–Trinajstić information content (AvgIpc) is 2.49. The van der Waals surface area contributed by atoms with Crippen LogP contribution in [0.1, 0.15) is 76.7 Å². The second kappa shape index (κ2) is 11.6. The van der Waals surface area contributed by atoms with Crippen molar-refractivity contribution >= 4 is 5.78 Å². The second-order valence-corrected chi connectivity index (χ2v) is 5.62. The first-order valence-electron chi connectivity index (χ1n) is 8.23. The number of aryl methyl sites for hydroxylation is 1. The lowest BCUT2D eigenvalue weighted by Gasteiger charge is -2.02. The van der Waals surface area contributed by atoms with Crippen molar-refractivity contribution in [2.75, 3.05) is 0 Å². The third-order valence-electron chi connectivity index (χ3n) is 3.75. The number of nitrogens with zero attached hydrogens (tertiary/aromatic N) is 1. The van der Waals surface area contributed by atoms with E-state index in [9.17, 15) is 4.79 Å². The molecule has 112 valence electrons. The predicted molar refractivity (Wildman–Crippen MR) is 84.8 cm³/mol. The van der Waals surface area contributed by atoms with Crippen LogP contribution in [0.15, 0.2) is 24.5 Å². The number of carbonyl (C=O) groups excluding carboxylic acids is 1. The first-order chi connectivity index (χ1) is 9.83. The van der Waals surface area contributed by atoms with Crippen LogP contribution in [0.2, 0.25) is 0 Å². The lowest BCUT2D eigenvalue weighted by molar-refractivity contribution is -0.119. The van der Waals surface area contributed by atoms with Gasteiger partial charge in [0.25, 0.3) is 0 Å². The van der Waals surface area contributed by atoms with Gasteiger partial charge in [-0.05, 0) is 30.5 Å². The number of Topliss-reactive ketones (excluding diaryl/α,β-unsaturated/α-hetero) is 1. The topological polar surface area (TPSA) is 30.0 Å². The zero-order chi connectivity index (χ0) is 14.5. The van der Waals surface area contributed by atoms with Crippen LogP contribution in [-0.4, -0.2) is 10.8 Å². The molecule has 1 heterocycles. The number of rotatable bonds is 12. The molecule has 2 nitrogen and oxygen atoms in total. The molecule has 0 aliphatic rings. The largest absolute Gasteiger partial charge is 0.300 e. The Kier molecular flexibility index (Phi) is 9.81. The molecule has 0 spiro atoms. The predicted octanol–water partition coefficient (Wildman–Crippen LogP) is 5.11. The van der Waals surface area contributed by atoms with E-state index in [-0.39, 0.29) is 0 Å². The van der Waals surface area contributed by atoms with Gasteiger partial charge in [0.15, 0.2) is 0 Å². The molecule has 2 heteroatoms. The second-order valence-electron chi connectivity index (χ2n) is 5.62. The number of aromatic nitrogens is 1. The van der Waals surface area contributed by atoms with E-state index in [1.54, 1.807) is 12.4 Å². The molecule has 0 fully saturated rings. The zero-order valence-electron chi connectivity index (χ0n) is 12.9. The summed E-state index contributed by atoms with van der Waals surface area (Å²) in [7, 11) is 0. The lowest BCUT2D eigenvalue weighted by atomic mass is 10.0. The molecule has 0 saturated heterocycles. The Labute approximate surface area is 124 Å². The van der Waals surface area contributed by atoms with Crippen molar-refractivity contribution in [1.29, 1.82) is 0 Å². The minimum atomic E-state index is 0.410. The van der Waals surface area contributed by atoms with Crippen molar-refractivity contribution in [2.24, 2.45) is 0 Å². The highest BCUT2D eigenvalue weighted by atomic mass is 16.1. The smallest absolute Gasteiger partial charge is 0.133 e. The van der Waals surface area contributed by atoms with Crippen molar-refractivity contribution in [3.8, 4) is 0 Å². The fourth-order valence-electron chi connectivity index (χ4n) is 2.41. The van der Waals surface area contributed by atoms with Gasteiger partial charge in [-0.1, -0.05) is 51.9 Å². The normalized spacial score (nSPS) is 10.7. The van der Waals surface area contributed by atoms with Crippen LogP contribution in [0, 0.1) is 0 Å². The average molecular weight is 275 g/mol. The molecule has 0 bridgehead atoms. The van der Waals surface area contributed by atoms with Gasteiger partial charge >= 0.3 is 0 Å². The Balaban J connectivity index is 1.93. The minimum Gasteiger partial charge on any atom is -0.300 e. The molecule has 1 aromatic rings. The molecule has 0 atom stereocenters. The van der Waals surface area contributed by atoms with Gasteiger partial charge in [-0.2, -0.15) is 0 Å². The molecule has 0 N–H and O–H groups in total. The van der Waals surface area contributed by atoms with Crippen LogP contribution < -0.4 is 0 Å². The molecular weight excluding hydrogens is 246 g/mol. The van der Waals surface area contributed by atoms with Crippen molar-refractivity contribution in [3.63, 3.8) is 0 Å². The van der Waals surface area contributed by atoms with E-state index in [0.29, 0.717) is 12.2 Å². The van der Waals surface area contributed by atoms with Gasteiger partial charge in [-0.25, -0.2) is 0 Å². The highest BCUT2D eigenvalue weighted by molar-refractivity contribution is 5.78. The maximum Gasteiger partial charge on any atom is 0.133 e. The molecule has 0 amide bonds. The van der Waals surface area contributed by atoms with E-state index in [1.807, 2.05) is 12.1 Å². The molecule has 0 saturated carbocycles. The summed E-state index contributed by atoms with van der Waals surface area (Å²) >= 11 is 0. The summed E-state index contributed by atoms with van der Waals surface area (Å²) in [6, 6.07) is 3.98. The third kappa shape index (κ3) is 8.84. The van der Waals surface area contributed by atoms with E-state index in [4.69, 9.17) is 0 Å². The summed E-state index contributed by atoms with van der Waals surface area (Å²) in [5.74, 6) is 0.410. The number of pyridine rings is 1. The molecular formula is C18H29NO. The van der Waals surface area contributed by atoms with Gasteiger partial charge in [0.1, 0.15) is 5.78 Å². The molecule has 0 aliphatic carbocycles. The monoisotopic (exact) mass is 275 g/mol. The molecule has 1 rings (SSSR count). The fraction of sp³-hybridized carbons (Fsp3) is 0.667. The quantitative estimate of drug-likeness (QED) is 0.496. The van der Waals surface area contributed by atoms with Crippen LogP contribution in [0.4, 0.5) is 0 Å². The zero-order valence-corrected chi connectivity index (χ0v) is 12.9. The number of hydrogen-bond acceptors (Lipinski definition) is 2. The van der Waals surface area contributed by atoms with Crippen LogP contribution in [-0.2, 0) is 11.2 Å². The fourth-order valence-corrected chi connectivity index (χ4v) is 2.41. The Bertz CT molecular complexity index is 348. The van der Waals surface area contributed by atoms with Crippen LogP contribution in [0.5, 0.6) is 0 Å². The first-order valence-corrected chi connectivity index (χ1v) is 8.23. The maximum absolute atomic E-state index is 11.8. The summed E-state index contributed by atoms with van der Waals surface area (Å²) in [5.41, 5.74) is 1.21. The number of hydrogen-bond donors (Lipinski definition) is 0. The summed E-state index contributed by atoms with van der Waals surface area (Å²) < 4.78 is 0. The van der Waals surface area contributed by atoms with E-state index in [0.717, 1.165) is 19.3 Å². The van der Waals surface area contributed by atoms with E-state index in [2.05, 4.69) is 11.9 Å². The summed E-state index contributed by atoms with van der Waals surface area (Å²) in [4.78, 5) is 15.8. The molecule has 20 heavy (non-hydrogen) atoms. The molecule has 0 aliphatic heterocycles. The SMILES string of the molecule is CCCCCCCCCCC(=O)CCc1ccncc1. The van der Waals surface area contributed by atoms with Gasteiger partial charge in [-0.15, -0.1) is 0 Å². The maximum atomic E-state index is 11.8. The van der Waals surface area contributed by atoms with Crippen LogP contribution >= 0.6 is 0 Å². The van der Waals surface area contributed by atoms with Gasteiger partial charge in [0.05, 0.1) is 0 Å². The number of carbonyl (C=O) groups is 1. The van der Waals surface area contributed by atoms with Gasteiger partial charge in [0.2, 0.25) is 0 Å². The van der Waals surface area contributed by atoms with Crippen molar-refractivity contribution in [2.45, 2.75) is 77.6 Å². The Morgan fingerprint density at radius 1 is 0.900 bits per heavy atom. The highest BCUT2D eigenvalue weighted by Crippen LogP contribution is 2.11. The summed E-state index contributed by atoms with van der Waals surface area (Å²) in [6.07, 6.45) is 16.2. The first kappa shape index (κ1) is 16.9. The Morgan fingerprint density at radius 2 is 1.50 bits per heavy atom. The standard InChI is InChI=1S/C18H29NO/c1-2-3-4-5-6-7-8-9-10-18(20)12-11-17-13-15-19-16-14-17/h13-16H,2-12H2,1H3. The van der Waals surface area contributed by atoms with E-state index in [1.165, 1.54) is 50.5 Å². The van der Waals surface area contributed by atoms with Gasteiger partial charge in [-0.3, -0.25) is 9.78 Å². The van der Waals surface area contributed by atoms with Crippen molar-refractivity contribution in [1.82, 2.24) is 4.98 Å². The van der Waals surface area contributed by atoms with Crippen LogP contribution in [0.25, 0.3) is 0 Å². The summed E-state index contributed by atoms with van der Waals surface area (Å²) in [6.45, 7) is 2.25. The van der Waals surface area contributed by atoms with E-state index >= 15 is 0 Å². The lowest BCUT2D eigenvalue weighted by Crippen LogP contribution is -2.00. The Morgan fingerprint density at radius 3 is 2.15 bits per heavy atom. The van der Waals surface area contributed by atoms with E-state index < -0.39 is 0 Å². The summed E-state index contributed by atoms with van der Waals surface area (Å²) in [5, 5.41) is 0. The molecule has 0 radical (unpaired) electrons. The third-order valence-corrected chi connectivity index (χ3v) is 3.75. The Hall–Kier alpha value is -1.18. The molecule has 0 unspecified atom stereocenters. The van der Waals surface area contributed by atoms with Crippen molar-refractivity contribution < 1.29 is 4.79 Å². The molecule has 0 aromatic carbocycles. The number of unbranched alkanes of at least 4 members (excludes halogenated alkanes) is 7.